The van der Waals surface area contributed by atoms with Crippen molar-refractivity contribution in [2.24, 2.45) is 0 Å². The van der Waals surface area contributed by atoms with Gasteiger partial charge >= 0.3 is 0 Å². The van der Waals surface area contributed by atoms with Crippen LogP contribution in [0.1, 0.15) is 35.8 Å². The van der Waals surface area contributed by atoms with Gasteiger partial charge in [-0.25, -0.2) is 4.98 Å². The average molecular weight is 338 g/mol. The maximum atomic E-state index is 12.3. The van der Waals surface area contributed by atoms with Crippen LogP contribution in [0.25, 0.3) is 0 Å². The van der Waals surface area contributed by atoms with E-state index in [1.165, 1.54) is 16.9 Å². The number of thiazole rings is 1. The van der Waals surface area contributed by atoms with Crippen LogP contribution in [-0.4, -0.2) is 15.9 Å². The summed E-state index contributed by atoms with van der Waals surface area (Å²) < 4.78 is 0. The second-order valence-electron chi connectivity index (χ2n) is 5.64. The van der Waals surface area contributed by atoms with Crippen LogP contribution in [0, 0.1) is 0 Å². The van der Waals surface area contributed by atoms with Crippen molar-refractivity contribution in [2.75, 3.05) is 10.6 Å². The summed E-state index contributed by atoms with van der Waals surface area (Å²) in [5.74, 6) is 0.247. The van der Waals surface area contributed by atoms with Crippen molar-refractivity contribution in [3.8, 4) is 0 Å². The van der Waals surface area contributed by atoms with E-state index in [0.29, 0.717) is 16.7 Å². The molecule has 1 amide bonds. The summed E-state index contributed by atoms with van der Waals surface area (Å²) in [7, 11) is 0. The molecule has 0 aliphatic heterocycles. The van der Waals surface area contributed by atoms with E-state index in [1.54, 1.807) is 17.8 Å². The molecule has 0 bridgehead atoms. The van der Waals surface area contributed by atoms with Crippen LogP contribution in [0.2, 0.25) is 0 Å². The van der Waals surface area contributed by atoms with Gasteiger partial charge in [-0.15, -0.1) is 11.3 Å². The van der Waals surface area contributed by atoms with Gasteiger partial charge in [-0.1, -0.05) is 26.0 Å². The number of pyridine rings is 1. The third kappa shape index (κ3) is 3.97. The number of rotatable bonds is 5. The standard InChI is InChI=1S/C18H18N4OS/c1-12(2)13-5-7-14(8-6-13)20-17(23)16-11-24-18(22-16)21-15-4-3-9-19-10-15/h3-12H,1-2H3,(H,20,23)(H,21,22). The molecule has 0 aliphatic rings. The molecule has 3 rings (SSSR count). The predicted octanol–water partition coefficient (Wildman–Crippen LogP) is 4.66. The van der Waals surface area contributed by atoms with Crippen LogP contribution in [0.4, 0.5) is 16.5 Å². The first-order chi connectivity index (χ1) is 11.6. The maximum Gasteiger partial charge on any atom is 0.275 e. The Balaban J connectivity index is 1.65. The Hall–Kier alpha value is -2.73. The number of carbonyl (C=O) groups is 1. The van der Waals surface area contributed by atoms with Crippen molar-refractivity contribution < 1.29 is 4.79 Å². The summed E-state index contributed by atoms with van der Waals surface area (Å²) in [6.07, 6.45) is 3.41. The molecular formula is C18H18N4OS. The molecule has 0 saturated carbocycles. The molecule has 2 heterocycles. The van der Waals surface area contributed by atoms with Gasteiger partial charge in [0.15, 0.2) is 5.13 Å². The second kappa shape index (κ2) is 7.23. The summed E-state index contributed by atoms with van der Waals surface area (Å²) in [6, 6.07) is 11.6. The summed E-state index contributed by atoms with van der Waals surface area (Å²) in [6.45, 7) is 4.28. The smallest absolute Gasteiger partial charge is 0.275 e. The number of benzene rings is 1. The molecule has 0 atom stereocenters. The first kappa shape index (κ1) is 16.1. The van der Waals surface area contributed by atoms with E-state index >= 15 is 0 Å². The highest BCUT2D eigenvalue weighted by molar-refractivity contribution is 7.14. The number of carbonyl (C=O) groups excluding carboxylic acids is 1. The van der Waals surface area contributed by atoms with Gasteiger partial charge < -0.3 is 10.6 Å². The number of nitrogens with one attached hydrogen (secondary N) is 2. The number of aromatic nitrogens is 2. The SMILES string of the molecule is CC(C)c1ccc(NC(=O)c2csc(Nc3cccnc3)n2)cc1. The van der Waals surface area contributed by atoms with Crippen molar-refractivity contribution in [1.29, 1.82) is 0 Å². The van der Waals surface area contributed by atoms with Crippen LogP contribution in [0.15, 0.2) is 54.2 Å². The number of hydrogen-bond acceptors (Lipinski definition) is 5. The van der Waals surface area contributed by atoms with Gasteiger partial charge in [0.05, 0.1) is 11.9 Å². The lowest BCUT2D eigenvalue weighted by atomic mass is 10.0. The van der Waals surface area contributed by atoms with Crippen LogP contribution < -0.4 is 10.6 Å². The van der Waals surface area contributed by atoms with Crippen LogP contribution in [0.5, 0.6) is 0 Å². The van der Waals surface area contributed by atoms with E-state index in [1.807, 2.05) is 36.4 Å². The van der Waals surface area contributed by atoms with Crippen molar-refractivity contribution in [3.63, 3.8) is 0 Å². The number of hydrogen-bond donors (Lipinski definition) is 2. The zero-order valence-corrected chi connectivity index (χ0v) is 14.3. The Morgan fingerprint density at radius 3 is 2.58 bits per heavy atom. The molecule has 0 saturated heterocycles. The molecule has 3 aromatic rings. The highest BCUT2D eigenvalue weighted by Gasteiger charge is 2.11. The quantitative estimate of drug-likeness (QED) is 0.710. The van der Waals surface area contributed by atoms with Gasteiger partial charge in [-0.3, -0.25) is 9.78 Å². The molecule has 5 nitrogen and oxygen atoms in total. The highest BCUT2D eigenvalue weighted by Crippen LogP contribution is 2.21. The topological polar surface area (TPSA) is 66.9 Å². The van der Waals surface area contributed by atoms with Crippen LogP contribution >= 0.6 is 11.3 Å². The minimum atomic E-state index is -0.220. The molecule has 24 heavy (non-hydrogen) atoms. The Morgan fingerprint density at radius 1 is 1.12 bits per heavy atom. The Bertz CT molecular complexity index is 813. The second-order valence-corrected chi connectivity index (χ2v) is 6.49. The van der Waals surface area contributed by atoms with Crippen LogP contribution in [-0.2, 0) is 0 Å². The van der Waals surface area contributed by atoms with Crippen molar-refractivity contribution in [1.82, 2.24) is 9.97 Å². The van der Waals surface area contributed by atoms with Gasteiger partial charge in [0.25, 0.3) is 5.91 Å². The zero-order valence-electron chi connectivity index (χ0n) is 13.5. The lowest BCUT2D eigenvalue weighted by Gasteiger charge is -2.07. The molecule has 2 aromatic heterocycles. The normalized spacial score (nSPS) is 10.6. The van der Waals surface area contributed by atoms with E-state index in [2.05, 4.69) is 34.4 Å². The van der Waals surface area contributed by atoms with Gasteiger partial charge in [0.1, 0.15) is 5.69 Å². The van der Waals surface area contributed by atoms with Gasteiger partial charge in [0, 0.05) is 17.3 Å². The van der Waals surface area contributed by atoms with Gasteiger partial charge in [-0.2, -0.15) is 0 Å². The first-order valence-corrected chi connectivity index (χ1v) is 8.53. The average Bonchev–Trinajstić information content (AvgIpc) is 3.05. The third-order valence-electron chi connectivity index (χ3n) is 3.48. The zero-order chi connectivity index (χ0) is 16.9. The molecule has 0 radical (unpaired) electrons. The minimum Gasteiger partial charge on any atom is -0.330 e. The summed E-state index contributed by atoms with van der Waals surface area (Å²) in [4.78, 5) is 20.6. The fourth-order valence-corrected chi connectivity index (χ4v) is 2.85. The van der Waals surface area contributed by atoms with Crippen LogP contribution in [0.3, 0.4) is 0 Å². The summed E-state index contributed by atoms with van der Waals surface area (Å²) >= 11 is 1.38. The third-order valence-corrected chi connectivity index (χ3v) is 4.24. The molecule has 0 fully saturated rings. The number of nitrogens with zero attached hydrogens (tertiary/aromatic N) is 2. The van der Waals surface area contributed by atoms with Gasteiger partial charge in [0.2, 0.25) is 0 Å². The minimum absolute atomic E-state index is 0.220. The monoisotopic (exact) mass is 338 g/mol. The largest absolute Gasteiger partial charge is 0.330 e. The molecule has 122 valence electrons. The van der Waals surface area contributed by atoms with E-state index in [4.69, 9.17) is 0 Å². The van der Waals surface area contributed by atoms with Crippen molar-refractivity contribution >= 4 is 33.8 Å². The summed E-state index contributed by atoms with van der Waals surface area (Å²) in [5.41, 5.74) is 3.23. The van der Waals surface area contributed by atoms with E-state index in [-0.39, 0.29) is 5.91 Å². The van der Waals surface area contributed by atoms with E-state index in [0.717, 1.165) is 11.4 Å². The molecule has 0 aliphatic carbocycles. The first-order valence-electron chi connectivity index (χ1n) is 7.65. The molecule has 6 heteroatoms. The van der Waals surface area contributed by atoms with Crippen molar-refractivity contribution in [2.45, 2.75) is 19.8 Å². The predicted molar refractivity (Wildman–Crippen MR) is 98.1 cm³/mol. The highest BCUT2D eigenvalue weighted by atomic mass is 32.1. The Labute approximate surface area is 144 Å². The van der Waals surface area contributed by atoms with E-state index < -0.39 is 0 Å². The molecule has 1 aromatic carbocycles. The Morgan fingerprint density at radius 2 is 1.92 bits per heavy atom. The molecule has 0 spiro atoms. The fraction of sp³-hybridized carbons (Fsp3) is 0.167. The fourth-order valence-electron chi connectivity index (χ4n) is 2.14. The lowest BCUT2D eigenvalue weighted by molar-refractivity contribution is 0.102. The van der Waals surface area contributed by atoms with Crippen molar-refractivity contribution in [3.05, 3.63) is 65.4 Å². The van der Waals surface area contributed by atoms with Gasteiger partial charge in [-0.05, 0) is 35.7 Å². The molecular weight excluding hydrogens is 320 g/mol. The molecule has 0 unspecified atom stereocenters. The number of amides is 1. The lowest BCUT2D eigenvalue weighted by Crippen LogP contribution is -2.12. The summed E-state index contributed by atoms with van der Waals surface area (Å²) in [5, 5.41) is 8.38. The Kier molecular flexibility index (Phi) is 4.86. The molecule has 2 N–H and O–H groups in total. The van der Waals surface area contributed by atoms with E-state index in [9.17, 15) is 4.79 Å². The maximum absolute atomic E-state index is 12.3. The number of anilines is 3.